The maximum absolute atomic E-state index is 13.3. The number of thiazole rings is 1. The van der Waals surface area contributed by atoms with E-state index in [1.165, 1.54) is 23.5 Å². The van der Waals surface area contributed by atoms with Gasteiger partial charge < -0.3 is 4.42 Å². The number of aromatic nitrogens is 2. The van der Waals surface area contributed by atoms with Crippen LogP contribution in [-0.2, 0) is 0 Å². The minimum atomic E-state index is -0.421. The fourth-order valence-electron chi connectivity index (χ4n) is 2.85. The third kappa shape index (κ3) is 1.90. The van der Waals surface area contributed by atoms with Crippen molar-refractivity contribution in [3.63, 3.8) is 0 Å². The number of fused-ring (bicyclic) bond motifs is 4. The van der Waals surface area contributed by atoms with Gasteiger partial charge in [-0.15, -0.1) is 0 Å². The molecule has 0 atom stereocenters. The molecule has 5 rings (SSSR count). The molecule has 24 heavy (non-hydrogen) atoms. The van der Waals surface area contributed by atoms with E-state index in [0.717, 1.165) is 15.6 Å². The standard InChI is InChI=1S/C18H9FN2O2S/c19-11-5-6-14-16(8-11)24-18-20-13(9-21(14)18)12-7-10-3-1-2-4-15(10)23-17(12)22/h1-9H. The van der Waals surface area contributed by atoms with Crippen molar-refractivity contribution in [1.82, 2.24) is 9.38 Å². The predicted octanol–water partition coefficient (Wildman–Crippen LogP) is 4.46. The molecular weight excluding hydrogens is 327 g/mol. The largest absolute Gasteiger partial charge is 0.422 e. The predicted molar refractivity (Wildman–Crippen MR) is 92.0 cm³/mol. The van der Waals surface area contributed by atoms with Gasteiger partial charge in [0, 0.05) is 11.6 Å². The van der Waals surface area contributed by atoms with E-state index >= 15 is 0 Å². The fraction of sp³-hybridized carbons (Fsp3) is 0. The van der Waals surface area contributed by atoms with Crippen molar-refractivity contribution in [2.24, 2.45) is 0 Å². The first kappa shape index (κ1) is 13.4. The van der Waals surface area contributed by atoms with Crippen LogP contribution >= 0.6 is 11.3 Å². The fourth-order valence-corrected chi connectivity index (χ4v) is 3.88. The molecule has 0 bridgehead atoms. The number of hydrogen-bond donors (Lipinski definition) is 0. The van der Waals surface area contributed by atoms with Crippen LogP contribution in [0.5, 0.6) is 0 Å². The summed E-state index contributed by atoms with van der Waals surface area (Å²) in [7, 11) is 0. The van der Waals surface area contributed by atoms with Gasteiger partial charge in [0.25, 0.3) is 0 Å². The Labute approximate surface area is 138 Å². The van der Waals surface area contributed by atoms with Crippen molar-refractivity contribution in [1.29, 1.82) is 0 Å². The summed E-state index contributed by atoms with van der Waals surface area (Å²) in [5, 5.41) is 0.843. The second-order valence-corrected chi connectivity index (χ2v) is 6.49. The Kier molecular flexibility index (Phi) is 2.66. The van der Waals surface area contributed by atoms with Gasteiger partial charge in [0.1, 0.15) is 11.4 Å². The molecule has 3 aromatic heterocycles. The summed E-state index contributed by atoms with van der Waals surface area (Å²) in [6.07, 6.45) is 1.78. The van der Waals surface area contributed by atoms with Crippen LogP contribution in [0.4, 0.5) is 4.39 Å². The molecule has 0 saturated carbocycles. The summed E-state index contributed by atoms with van der Waals surface area (Å²) in [5.74, 6) is -0.276. The highest BCUT2D eigenvalue weighted by molar-refractivity contribution is 7.23. The van der Waals surface area contributed by atoms with Crippen molar-refractivity contribution in [2.75, 3.05) is 0 Å². The Morgan fingerprint density at radius 3 is 2.92 bits per heavy atom. The number of rotatable bonds is 1. The van der Waals surface area contributed by atoms with E-state index in [9.17, 15) is 9.18 Å². The Morgan fingerprint density at radius 1 is 1.12 bits per heavy atom. The summed E-state index contributed by atoms with van der Waals surface area (Å²) in [6.45, 7) is 0. The van der Waals surface area contributed by atoms with E-state index < -0.39 is 5.63 Å². The van der Waals surface area contributed by atoms with Gasteiger partial charge in [-0.05, 0) is 30.3 Å². The van der Waals surface area contributed by atoms with Crippen LogP contribution in [0.3, 0.4) is 0 Å². The van der Waals surface area contributed by atoms with E-state index in [0.29, 0.717) is 21.8 Å². The average molecular weight is 336 g/mol. The quantitative estimate of drug-likeness (QED) is 0.425. The van der Waals surface area contributed by atoms with Crippen LogP contribution < -0.4 is 5.63 Å². The van der Waals surface area contributed by atoms with Crippen LogP contribution in [-0.4, -0.2) is 9.38 Å². The lowest BCUT2D eigenvalue weighted by atomic mass is 10.1. The molecule has 5 aromatic rings. The van der Waals surface area contributed by atoms with Crippen molar-refractivity contribution in [3.8, 4) is 11.3 Å². The lowest BCUT2D eigenvalue weighted by Crippen LogP contribution is -2.02. The Bertz CT molecular complexity index is 1300. The smallest absolute Gasteiger partial charge is 0.345 e. The van der Waals surface area contributed by atoms with E-state index in [2.05, 4.69) is 4.98 Å². The number of imidazole rings is 1. The monoisotopic (exact) mass is 336 g/mol. The molecule has 3 heterocycles. The maximum Gasteiger partial charge on any atom is 0.345 e. The third-order valence-electron chi connectivity index (χ3n) is 3.97. The van der Waals surface area contributed by atoms with Crippen LogP contribution in [0.2, 0.25) is 0 Å². The molecule has 0 N–H and O–H groups in total. The molecule has 116 valence electrons. The number of hydrogen-bond acceptors (Lipinski definition) is 4. The molecule has 0 amide bonds. The first-order valence-corrected chi connectivity index (χ1v) is 8.11. The van der Waals surface area contributed by atoms with Gasteiger partial charge in [0.15, 0.2) is 4.96 Å². The summed E-state index contributed by atoms with van der Waals surface area (Å²) in [4.78, 5) is 17.5. The first-order valence-electron chi connectivity index (χ1n) is 7.29. The molecule has 0 aliphatic rings. The van der Waals surface area contributed by atoms with Crippen molar-refractivity contribution in [2.45, 2.75) is 0 Å². The molecule has 2 aromatic carbocycles. The number of benzene rings is 2. The summed E-state index contributed by atoms with van der Waals surface area (Å²) in [6, 6.07) is 13.8. The topological polar surface area (TPSA) is 47.5 Å². The number of halogens is 1. The van der Waals surface area contributed by atoms with Crippen LogP contribution in [0.1, 0.15) is 0 Å². The van der Waals surface area contributed by atoms with Gasteiger partial charge in [0.2, 0.25) is 0 Å². The van der Waals surface area contributed by atoms with E-state index in [1.807, 2.05) is 22.6 Å². The Balaban J connectivity index is 1.77. The van der Waals surface area contributed by atoms with Crippen LogP contribution in [0.15, 0.2) is 63.9 Å². The van der Waals surface area contributed by atoms with Crippen LogP contribution in [0, 0.1) is 5.82 Å². The van der Waals surface area contributed by atoms with Crippen molar-refractivity contribution < 1.29 is 8.81 Å². The molecule has 0 aliphatic heterocycles. The normalized spacial score (nSPS) is 11.7. The minimum Gasteiger partial charge on any atom is -0.422 e. The highest BCUT2D eigenvalue weighted by Gasteiger charge is 2.14. The summed E-state index contributed by atoms with van der Waals surface area (Å²) < 4.78 is 21.4. The zero-order valence-corrected chi connectivity index (χ0v) is 13.0. The van der Waals surface area contributed by atoms with Gasteiger partial charge in [-0.2, -0.15) is 0 Å². The van der Waals surface area contributed by atoms with Gasteiger partial charge >= 0.3 is 5.63 Å². The molecule has 0 aliphatic carbocycles. The number of nitrogens with zero attached hydrogens (tertiary/aromatic N) is 2. The van der Waals surface area contributed by atoms with E-state index in [-0.39, 0.29) is 5.82 Å². The lowest BCUT2D eigenvalue weighted by molar-refractivity contribution is 0.563. The summed E-state index contributed by atoms with van der Waals surface area (Å²) in [5.41, 5.74) is 1.95. The van der Waals surface area contributed by atoms with Crippen molar-refractivity contribution >= 4 is 37.5 Å². The summed E-state index contributed by atoms with van der Waals surface area (Å²) >= 11 is 1.38. The molecule has 0 unspecified atom stereocenters. The average Bonchev–Trinajstić information content (AvgIpc) is 3.11. The second kappa shape index (κ2) is 4.75. The minimum absolute atomic E-state index is 0.276. The molecule has 0 fully saturated rings. The molecular formula is C18H9FN2O2S. The molecule has 0 radical (unpaired) electrons. The van der Waals surface area contributed by atoms with Gasteiger partial charge in [-0.1, -0.05) is 29.5 Å². The zero-order valence-electron chi connectivity index (χ0n) is 12.2. The lowest BCUT2D eigenvalue weighted by Gasteiger charge is -1.99. The van der Waals surface area contributed by atoms with Gasteiger partial charge in [-0.25, -0.2) is 14.2 Å². The zero-order chi connectivity index (χ0) is 16.3. The van der Waals surface area contributed by atoms with Crippen LogP contribution in [0.25, 0.3) is 37.4 Å². The Hall–Kier alpha value is -2.99. The van der Waals surface area contributed by atoms with Gasteiger partial charge in [-0.3, -0.25) is 4.40 Å². The van der Waals surface area contributed by atoms with Crippen molar-refractivity contribution in [3.05, 3.63) is 71.0 Å². The molecule has 0 spiro atoms. The first-order chi connectivity index (χ1) is 11.7. The second-order valence-electron chi connectivity index (χ2n) is 5.48. The maximum atomic E-state index is 13.3. The van der Waals surface area contributed by atoms with E-state index in [4.69, 9.17) is 4.42 Å². The molecule has 6 heteroatoms. The van der Waals surface area contributed by atoms with Gasteiger partial charge in [0.05, 0.1) is 21.5 Å². The Morgan fingerprint density at radius 2 is 2.00 bits per heavy atom. The highest BCUT2D eigenvalue weighted by atomic mass is 32.1. The molecule has 0 saturated heterocycles. The third-order valence-corrected chi connectivity index (χ3v) is 4.99. The molecule has 4 nitrogen and oxygen atoms in total. The SMILES string of the molecule is O=c1oc2ccccc2cc1-c1cn2c(n1)sc1cc(F)ccc12. The highest BCUT2D eigenvalue weighted by Crippen LogP contribution is 2.29. The number of para-hydroxylation sites is 1. The van der Waals surface area contributed by atoms with E-state index in [1.54, 1.807) is 24.4 Å².